The second-order valence-corrected chi connectivity index (χ2v) is 10.6. The number of imide groups is 1. The average Bonchev–Trinajstić information content (AvgIpc) is 3.35. The van der Waals surface area contributed by atoms with Gasteiger partial charge in [-0.25, -0.2) is 0 Å². The van der Waals surface area contributed by atoms with E-state index in [1.165, 1.54) is 11.9 Å². The Morgan fingerprint density at radius 2 is 1.77 bits per heavy atom. The SMILES string of the molecule is CN1C(=O)[C@@]2(C(=O)N3C=Cc4ccccc4[C@@H]3c3cccs3)CC[C@@](C)(C1=O)C2(C)C. The Kier molecular flexibility index (Phi) is 4.16. The van der Waals surface area contributed by atoms with Gasteiger partial charge in [-0.3, -0.25) is 19.3 Å². The molecule has 2 fully saturated rings. The number of fused-ring (bicyclic) bond motifs is 3. The highest BCUT2D eigenvalue weighted by Gasteiger charge is 2.75. The first-order valence-corrected chi connectivity index (χ1v) is 11.5. The van der Waals surface area contributed by atoms with Crippen molar-refractivity contribution in [2.24, 2.45) is 16.2 Å². The average molecular weight is 435 g/mol. The lowest BCUT2D eigenvalue weighted by molar-refractivity contribution is -0.182. The van der Waals surface area contributed by atoms with Gasteiger partial charge in [-0.1, -0.05) is 51.1 Å². The van der Waals surface area contributed by atoms with Crippen LogP contribution in [0.1, 0.15) is 55.7 Å². The molecule has 1 saturated heterocycles. The van der Waals surface area contributed by atoms with Crippen LogP contribution in [0.15, 0.2) is 48.0 Å². The molecule has 2 aromatic rings. The predicted molar refractivity (Wildman–Crippen MR) is 120 cm³/mol. The highest BCUT2D eigenvalue weighted by molar-refractivity contribution is 7.10. The van der Waals surface area contributed by atoms with E-state index >= 15 is 0 Å². The molecule has 0 unspecified atom stereocenters. The monoisotopic (exact) mass is 434 g/mol. The maximum Gasteiger partial charge on any atom is 0.245 e. The smallest absolute Gasteiger partial charge is 0.245 e. The predicted octanol–water partition coefficient (Wildman–Crippen LogP) is 4.46. The van der Waals surface area contributed by atoms with Gasteiger partial charge in [0.25, 0.3) is 0 Å². The highest BCUT2D eigenvalue weighted by atomic mass is 32.1. The van der Waals surface area contributed by atoms with E-state index in [0.717, 1.165) is 16.0 Å². The molecule has 3 atom stereocenters. The lowest BCUT2D eigenvalue weighted by Crippen LogP contribution is -2.67. The molecule has 0 radical (unpaired) electrons. The zero-order valence-corrected chi connectivity index (χ0v) is 19.0. The summed E-state index contributed by atoms with van der Waals surface area (Å²) in [6.07, 6.45) is 4.67. The molecular formula is C25H26N2O3S. The summed E-state index contributed by atoms with van der Waals surface area (Å²) in [6.45, 7) is 5.75. The van der Waals surface area contributed by atoms with E-state index in [9.17, 15) is 14.4 Å². The second-order valence-electron chi connectivity index (χ2n) is 9.61. The van der Waals surface area contributed by atoms with Crippen LogP contribution in [0.2, 0.25) is 0 Å². The van der Waals surface area contributed by atoms with Gasteiger partial charge in [0.2, 0.25) is 17.7 Å². The van der Waals surface area contributed by atoms with Gasteiger partial charge in [-0.2, -0.15) is 0 Å². The number of carbonyl (C=O) groups is 3. The maximum absolute atomic E-state index is 14.4. The summed E-state index contributed by atoms with van der Waals surface area (Å²) in [6, 6.07) is 11.8. The summed E-state index contributed by atoms with van der Waals surface area (Å²) in [7, 11) is 1.52. The van der Waals surface area contributed by atoms with Crippen molar-refractivity contribution in [1.29, 1.82) is 0 Å². The number of carbonyl (C=O) groups excluding carboxylic acids is 3. The van der Waals surface area contributed by atoms with Crippen molar-refractivity contribution in [2.45, 2.75) is 39.7 Å². The van der Waals surface area contributed by atoms with Crippen molar-refractivity contribution in [3.63, 3.8) is 0 Å². The molecule has 0 spiro atoms. The van der Waals surface area contributed by atoms with E-state index in [4.69, 9.17) is 0 Å². The Morgan fingerprint density at radius 1 is 1.03 bits per heavy atom. The summed E-state index contributed by atoms with van der Waals surface area (Å²) in [5.41, 5.74) is -0.691. The fourth-order valence-corrected chi connectivity index (χ4v) is 6.79. The zero-order chi connectivity index (χ0) is 22.2. The lowest BCUT2D eigenvalue weighted by Gasteiger charge is -2.53. The van der Waals surface area contributed by atoms with Gasteiger partial charge >= 0.3 is 0 Å². The number of rotatable bonds is 2. The number of thiophene rings is 1. The topological polar surface area (TPSA) is 57.7 Å². The molecule has 0 N–H and O–H groups in total. The summed E-state index contributed by atoms with van der Waals surface area (Å²) < 4.78 is 0. The first-order valence-electron chi connectivity index (χ1n) is 10.6. The summed E-state index contributed by atoms with van der Waals surface area (Å²) >= 11 is 1.60. The number of amides is 3. The minimum Gasteiger partial charge on any atom is -0.306 e. The van der Waals surface area contributed by atoms with Crippen molar-refractivity contribution < 1.29 is 14.4 Å². The van der Waals surface area contributed by atoms with Crippen molar-refractivity contribution in [1.82, 2.24) is 9.80 Å². The van der Waals surface area contributed by atoms with Crippen LogP contribution in [0, 0.1) is 16.2 Å². The van der Waals surface area contributed by atoms with Crippen LogP contribution in [0.4, 0.5) is 0 Å². The third kappa shape index (κ3) is 2.29. The lowest BCUT2D eigenvalue weighted by atomic mass is 9.55. The molecule has 5 nitrogen and oxygen atoms in total. The van der Waals surface area contributed by atoms with Crippen LogP contribution >= 0.6 is 11.3 Å². The third-order valence-electron chi connectivity index (χ3n) is 8.29. The minimum absolute atomic E-state index is 0.183. The Balaban J connectivity index is 1.68. The molecule has 31 heavy (non-hydrogen) atoms. The van der Waals surface area contributed by atoms with Crippen LogP contribution in [-0.4, -0.2) is 34.6 Å². The van der Waals surface area contributed by atoms with Crippen LogP contribution in [0.5, 0.6) is 0 Å². The van der Waals surface area contributed by atoms with Crippen LogP contribution in [0.3, 0.4) is 0 Å². The molecule has 1 aromatic carbocycles. The van der Waals surface area contributed by atoms with E-state index in [1.54, 1.807) is 16.2 Å². The normalized spacial score (nSPS) is 31.2. The van der Waals surface area contributed by atoms with Gasteiger partial charge in [-0.05, 0) is 41.5 Å². The first-order chi connectivity index (χ1) is 14.7. The van der Waals surface area contributed by atoms with Crippen molar-refractivity contribution >= 4 is 35.1 Å². The standard InChI is InChI=1S/C25H26N2O3S/c1-23(2)24(3)12-13-25(23,21(29)26(4)20(24)28)22(30)27-14-11-16-8-5-6-9-17(16)19(27)18-10-7-15-31-18/h5-11,14-15,19H,12-13H2,1-4H3/t19-,24+,25-/m1/s1. The number of piperidine rings is 1. The van der Waals surface area contributed by atoms with E-state index in [0.29, 0.717) is 12.8 Å². The quantitative estimate of drug-likeness (QED) is 0.518. The van der Waals surface area contributed by atoms with E-state index in [-0.39, 0.29) is 23.8 Å². The molecule has 3 amide bonds. The zero-order valence-electron chi connectivity index (χ0n) is 18.2. The Bertz CT molecular complexity index is 1140. The summed E-state index contributed by atoms with van der Waals surface area (Å²) in [5.74, 6) is -0.771. The molecule has 1 saturated carbocycles. The molecule has 160 valence electrons. The third-order valence-corrected chi connectivity index (χ3v) is 9.21. The van der Waals surface area contributed by atoms with Crippen molar-refractivity contribution in [3.05, 3.63) is 64.0 Å². The van der Waals surface area contributed by atoms with Gasteiger partial charge in [0.1, 0.15) is 5.41 Å². The summed E-state index contributed by atoms with van der Waals surface area (Å²) in [5, 5.41) is 2.01. The number of hydrogen-bond acceptors (Lipinski definition) is 4. The number of benzene rings is 1. The van der Waals surface area contributed by atoms with Gasteiger partial charge in [-0.15, -0.1) is 11.3 Å². The van der Waals surface area contributed by atoms with Crippen LogP contribution in [0.25, 0.3) is 6.08 Å². The molecule has 1 aromatic heterocycles. The molecular weight excluding hydrogens is 408 g/mol. The van der Waals surface area contributed by atoms with Crippen molar-refractivity contribution in [2.75, 3.05) is 7.05 Å². The van der Waals surface area contributed by atoms with Gasteiger partial charge in [0.05, 0.1) is 11.5 Å². The first kappa shape index (κ1) is 20.2. The number of likely N-dealkylation sites (tertiary alicyclic amines) is 1. The van der Waals surface area contributed by atoms with Crippen LogP contribution in [-0.2, 0) is 14.4 Å². The highest BCUT2D eigenvalue weighted by Crippen LogP contribution is 2.67. The molecule has 1 aliphatic carbocycles. The molecule has 2 bridgehead atoms. The minimum atomic E-state index is -1.27. The fraction of sp³-hybridized carbons (Fsp3) is 0.400. The Morgan fingerprint density at radius 3 is 2.48 bits per heavy atom. The second kappa shape index (κ2) is 6.39. The molecule has 3 aliphatic rings. The molecule has 3 heterocycles. The van der Waals surface area contributed by atoms with E-state index < -0.39 is 16.2 Å². The summed E-state index contributed by atoms with van der Waals surface area (Å²) in [4.78, 5) is 45.1. The van der Waals surface area contributed by atoms with Gasteiger partial charge in [0, 0.05) is 23.5 Å². The maximum atomic E-state index is 14.4. The van der Waals surface area contributed by atoms with Gasteiger partial charge in [0.15, 0.2) is 0 Å². The number of hydrogen-bond donors (Lipinski definition) is 0. The van der Waals surface area contributed by atoms with Crippen LogP contribution < -0.4 is 0 Å². The number of nitrogens with zero attached hydrogens (tertiary/aromatic N) is 2. The Labute approximate surface area is 186 Å². The molecule has 6 heteroatoms. The Hall–Kier alpha value is -2.73. The molecule has 5 rings (SSSR count). The van der Waals surface area contributed by atoms with E-state index in [2.05, 4.69) is 0 Å². The van der Waals surface area contributed by atoms with E-state index in [1.807, 2.05) is 74.8 Å². The molecule has 2 aliphatic heterocycles. The fourth-order valence-electron chi connectivity index (χ4n) is 5.95. The largest absolute Gasteiger partial charge is 0.306 e. The van der Waals surface area contributed by atoms with Crippen molar-refractivity contribution in [3.8, 4) is 0 Å². The van der Waals surface area contributed by atoms with Gasteiger partial charge < -0.3 is 4.90 Å².